The third-order valence-electron chi connectivity index (χ3n) is 13.8. The fraction of sp³-hybridized carbons (Fsp3) is 0.933. The van der Waals surface area contributed by atoms with E-state index < -0.39 is 97.5 Å². The maximum Gasteiger partial charge on any atom is 0.472 e. The maximum atomic E-state index is 12.9. The fourth-order valence-corrected chi connectivity index (χ4v) is 10.5. The average molecular weight is 1170 g/mol. The number of phosphoric ester groups is 2. The summed E-state index contributed by atoms with van der Waals surface area (Å²) in [6, 6.07) is 0. The molecule has 79 heavy (non-hydrogen) atoms. The van der Waals surface area contributed by atoms with Gasteiger partial charge in [-0.15, -0.1) is 0 Å². The molecule has 3 N–H and O–H groups in total. The van der Waals surface area contributed by atoms with Gasteiger partial charge in [-0.2, -0.15) is 0 Å². The lowest BCUT2D eigenvalue weighted by Crippen LogP contribution is -2.30. The van der Waals surface area contributed by atoms with Gasteiger partial charge in [-0.25, -0.2) is 9.13 Å². The third kappa shape index (κ3) is 55.0. The van der Waals surface area contributed by atoms with Gasteiger partial charge in [-0.05, 0) is 31.6 Å². The molecular formula is C60H116O17P2. The Labute approximate surface area is 479 Å². The van der Waals surface area contributed by atoms with Crippen LogP contribution in [0, 0.1) is 5.92 Å². The van der Waals surface area contributed by atoms with Gasteiger partial charge < -0.3 is 33.8 Å². The van der Waals surface area contributed by atoms with Crippen LogP contribution in [0.1, 0.15) is 298 Å². The van der Waals surface area contributed by atoms with Crippen LogP contribution in [0.2, 0.25) is 0 Å². The number of carbonyl (C=O) groups is 4. The van der Waals surface area contributed by atoms with E-state index in [9.17, 15) is 43.2 Å². The first-order valence-electron chi connectivity index (χ1n) is 31.6. The van der Waals surface area contributed by atoms with E-state index in [1.54, 1.807) is 0 Å². The Balaban J connectivity index is 5.22. The second kappa shape index (κ2) is 54.0. The summed E-state index contributed by atoms with van der Waals surface area (Å²) in [7, 11) is -9.87. The Hall–Kier alpha value is -1.94. The minimum Gasteiger partial charge on any atom is -0.462 e. The molecule has 0 aromatic carbocycles. The number of carbonyl (C=O) groups excluding carboxylic acids is 4. The number of hydrogen-bond donors (Lipinski definition) is 3. The number of aliphatic hydroxyl groups is 1. The summed E-state index contributed by atoms with van der Waals surface area (Å²) in [5.74, 6) is -1.44. The lowest BCUT2D eigenvalue weighted by atomic mass is 10.0. The second-order valence-electron chi connectivity index (χ2n) is 22.2. The van der Waals surface area contributed by atoms with E-state index in [-0.39, 0.29) is 25.7 Å². The first-order valence-corrected chi connectivity index (χ1v) is 34.6. The van der Waals surface area contributed by atoms with E-state index in [1.807, 2.05) is 0 Å². The topological polar surface area (TPSA) is 237 Å². The quantitative estimate of drug-likeness (QED) is 0.0222. The monoisotopic (exact) mass is 1170 g/mol. The van der Waals surface area contributed by atoms with Gasteiger partial charge in [0.2, 0.25) is 0 Å². The molecule has 0 saturated heterocycles. The fourth-order valence-electron chi connectivity index (χ4n) is 8.88. The molecule has 0 rings (SSSR count). The summed E-state index contributed by atoms with van der Waals surface area (Å²) in [6.07, 6.45) is 36.3. The molecule has 19 heteroatoms. The zero-order valence-electron chi connectivity index (χ0n) is 50.5. The highest BCUT2D eigenvalue weighted by atomic mass is 31.2. The first-order chi connectivity index (χ1) is 38.0. The predicted molar refractivity (Wildman–Crippen MR) is 312 cm³/mol. The third-order valence-corrected chi connectivity index (χ3v) is 15.7. The molecule has 0 bridgehead atoms. The van der Waals surface area contributed by atoms with Crippen molar-refractivity contribution in [3.8, 4) is 0 Å². The van der Waals surface area contributed by atoms with Crippen molar-refractivity contribution in [1.82, 2.24) is 0 Å². The number of rotatable bonds is 60. The van der Waals surface area contributed by atoms with Gasteiger partial charge >= 0.3 is 39.5 Å². The van der Waals surface area contributed by atoms with Crippen LogP contribution in [-0.4, -0.2) is 96.7 Å². The molecule has 468 valence electrons. The number of esters is 4. The summed E-state index contributed by atoms with van der Waals surface area (Å²) in [6.45, 7) is 7.07. The van der Waals surface area contributed by atoms with Crippen molar-refractivity contribution < 1.29 is 80.2 Å². The highest BCUT2D eigenvalue weighted by Gasteiger charge is 2.30. The van der Waals surface area contributed by atoms with Gasteiger partial charge in [0.25, 0.3) is 0 Å². The summed E-state index contributed by atoms with van der Waals surface area (Å²) in [5.41, 5.74) is 0. The summed E-state index contributed by atoms with van der Waals surface area (Å²) < 4.78 is 67.7. The summed E-state index contributed by atoms with van der Waals surface area (Å²) in [5, 5.41) is 10.5. The van der Waals surface area contributed by atoms with Gasteiger partial charge in [0.15, 0.2) is 12.2 Å². The van der Waals surface area contributed by atoms with Gasteiger partial charge in [-0.3, -0.25) is 37.3 Å². The molecule has 0 spiro atoms. The lowest BCUT2D eigenvalue weighted by Gasteiger charge is -2.21. The molecule has 0 saturated carbocycles. The molecule has 0 aromatic heterocycles. The Kier molecular flexibility index (Phi) is 52.7. The van der Waals surface area contributed by atoms with Gasteiger partial charge in [0, 0.05) is 25.7 Å². The molecule has 0 aliphatic carbocycles. The molecule has 0 aliphatic heterocycles. The predicted octanol–water partition coefficient (Wildman–Crippen LogP) is 16.2. The van der Waals surface area contributed by atoms with Gasteiger partial charge in [0.05, 0.1) is 26.4 Å². The van der Waals surface area contributed by atoms with E-state index in [1.165, 1.54) is 109 Å². The lowest BCUT2D eigenvalue weighted by molar-refractivity contribution is -0.161. The van der Waals surface area contributed by atoms with Crippen LogP contribution in [0.15, 0.2) is 0 Å². The Morgan fingerprint density at radius 1 is 0.342 bits per heavy atom. The molecule has 0 amide bonds. The Morgan fingerprint density at radius 3 is 0.861 bits per heavy atom. The van der Waals surface area contributed by atoms with Gasteiger partial charge in [0.1, 0.15) is 19.3 Å². The standard InChI is InChI=1S/C60H116O17P2/c1-6-9-12-15-18-21-22-23-25-30-36-41-46-60(65)77-56(50-71-58(63)44-39-34-31-26-27-32-37-42-53(4)5)52-75-79(68,69)73-48-54(61)47-72-78(66,67)74-51-55(49-70-57(62)43-38-33-28-20-17-14-11-8-3)76-59(64)45-40-35-29-24-19-16-13-10-7-2/h53-56,61H,6-52H2,1-5H3,(H,66,67)(H,68,69)/t54-,55+,56+/m0/s1. The van der Waals surface area contributed by atoms with Crippen LogP contribution in [0.25, 0.3) is 0 Å². The highest BCUT2D eigenvalue weighted by Crippen LogP contribution is 2.45. The average Bonchev–Trinajstić information content (AvgIpc) is 3.41. The van der Waals surface area contributed by atoms with E-state index >= 15 is 0 Å². The van der Waals surface area contributed by atoms with E-state index in [0.717, 1.165) is 103 Å². The Morgan fingerprint density at radius 2 is 0.582 bits per heavy atom. The minimum absolute atomic E-state index is 0.105. The molecule has 2 unspecified atom stereocenters. The number of hydrogen-bond acceptors (Lipinski definition) is 15. The van der Waals surface area contributed by atoms with Crippen LogP contribution in [0.4, 0.5) is 0 Å². The van der Waals surface area contributed by atoms with Crippen molar-refractivity contribution in [3.63, 3.8) is 0 Å². The largest absolute Gasteiger partial charge is 0.472 e. The van der Waals surface area contributed by atoms with Crippen LogP contribution in [0.3, 0.4) is 0 Å². The first kappa shape index (κ1) is 77.1. The minimum atomic E-state index is -4.94. The van der Waals surface area contributed by atoms with E-state index in [0.29, 0.717) is 31.6 Å². The highest BCUT2D eigenvalue weighted by molar-refractivity contribution is 7.47. The molecular weight excluding hydrogens is 1050 g/mol. The van der Waals surface area contributed by atoms with Crippen molar-refractivity contribution in [2.24, 2.45) is 5.92 Å². The smallest absolute Gasteiger partial charge is 0.462 e. The molecule has 0 fully saturated rings. The molecule has 5 atom stereocenters. The van der Waals surface area contributed by atoms with E-state index in [4.69, 9.17) is 37.0 Å². The van der Waals surface area contributed by atoms with Crippen molar-refractivity contribution >= 4 is 39.5 Å². The van der Waals surface area contributed by atoms with Crippen molar-refractivity contribution in [1.29, 1.82) is 0 Å². The van der Waals surface area contributed by atoms with Crippen molar-refractivity contribution in [2.45, 2.75) is 316 Å². The van der Waals surface area contributed by atoms with Crippen LogP contribution < -0.4 is 0 Å². The maximum absolute atomic E-state index is 12.9. The molecule has 0 heterocycles. The Bertz CT molecular complexity index is 1550. The molecule has 17 nitrogen and oxygen atoms in total. The van der Waals surface area contributed by atoms with Crippen LogP contribution in [0.5, 0.6) is 0 Å². The molecule has 0 radical (unpaired) electrons. The number of unbranched alkanes of at least 4 members (excludes halogenated alkanes) is 32. The van der Waals surface area contributed by atoms with E-state index in [2.05, 4.69) is 34.6 Å². The van der Waals surface area contributed by atoms with Crippen LogP contribution >= 0.6 is 15.6 Å². The SMILES string of the molecule is CCCCCCCCCCCCCCC(=O)O[C@H](COC(=O)CCCCCCCCCC(C)C)COP(=O)(O)OC[C@@H](O)COP(=O)(O)OC[C@@H](COC(=O)CCCCCCCCCC)OC(=O)CCCCCCCCCCC. The van der Waals surface area contributed by atoms with Gasteiger partial charge in [-0.1, -0.05) is 247 Å². The zero-order chi connectivity index (χ0) is 58.5. The van der Waals surface area contributed by atoms with Crippen molar-refractivity contribution in [3.05, 3.63) is 0 Å². The van der Waals surface area contributed by atoms with Crippen LogP contribution in [-0.2, 0) is 65.4 Å². The second-order valence-corrected chi connectivity index (χ2v) is 25.1. The molecule has 0 aromatic rings. The zero-order valence-corrected chi connectivity index (χ0v) is 52.3. The van der Waals surface area contributed by atoms with Crippen molar-refractivity contribution in [2.75, 3.05) is 39.6 Å². The summed E-state index contributed by atoms with van der Waals surface area (Å²) in [4.78, 5) is 71.9. The number of aliphatic hydroxyl groups excluding tert-OH is 1. The number of phosphoric acid groups is 2. The number of ether oxygens (including phenoxy) is 4. The molecule has 0 aliphatic rings. The summed E-state index contributed by atoms with van der Waals surface area (Å²) >= 11 is 0. The normalized spacial score (nSPS) is 14.3.